The van der Waals surface area contributed by atoms with Crippen LogP contribution in [0.5, 0.6) is 5.75 Å². The number of hydrogen-bond donors (Lipinski definition) is 2. The Hall–Kier alpha value is -1.51. The zero-order valence-corrected chi connectivity index (χ0v) is 20.1. The molecule has 3 N–H and O–H groups in total. The fourth-order valence-corrected chi connectivity index (χ4v) is 4.87. The number of rotatable bonds is 4. The summed E-state index contributed by atoms with van der Waals surface area (Å²) in [5, 5.41) is 10.6. The molecule has 4 rings (SSSR count). The quantitative estimate of drug-likeness (QED) is 0.581. The molecular formula is C24H31Cl2F3N2O2. The number of piperidine rings is 1. The maximum atomic E-state index is 13.0. The van der Waals surface area contributed by atoms with Gasteiger partial charge in [-0.2, -0.15) is 13.2 Å². The molecule has 0 radical (unpaired) electrons. The molecule has 0 saturated carbocycles. The lowest BCUT2D eigenvalue weighted by Gasteiger charge is -2.40. The highest BCUT2D eigenvalue weighted by Gasteiger charge is 2.35. The molecule has 9 heteroatoms. The van der Waals surface area contributed by atoms with Crippen LogP contribution in [0.4, 0.5) is 13.2 Å². The van der Waals surface area contributed by atoms with Gasteiger partial charge in [0.2, 0.25) is 0 Å². The third-order valence-electron chi connectivity index (χ3n) is 6.64. The molecule has 184 valence electrons. The fourth-order valence-electron chi connectivity index (χ4n) is 4.87. The molecule has 33 heavy (non-hydrogen) atoms. The van der Waals surface area contributed by atoms with E-state index in [0.29, 0.717) is 36.7 Å². The van der Waals surface area contributed by atoms with Crippen LogP contribution in [0.2, 0.25) is 0 Å². The predicted molar refractivity (Wildman–Crippen MR) is 127 cm³/mol. The van der Waals surface area contributed by atoms with Crippen molar-refractivity contribution >= 4 is 24.8 Å². The van der Waals surface area contributed by atoms with Gasteiger partial charge < -0.3 is 15.6 Å². The summed E-state index contributed by atoms with van der Waals surface area (Å²) in [5.41, 5.74) is 8.81. The monoisotopic (exact) mass is 506 g/mol. The minimum absolute atomic E-state index is 0. The average molecular weight is 507 g/mol. The number of aromatic hydroxyl groups is 1. The Labute approximate surface area is 205 Å². The van der Waals surface area contributed by atoms with Crippen molar-refractivity contribution < 1.29 is 23.0 Å². The van der Waals surface area contributed by atoms with Crippen molar-refractivity contribution in [2.75, 3.05) is 19.6 Å². The van der Waals surface area contributed by atoms with Crippen molar-refractivity contribution in [3.63, 3.8) is 0 Å². The molecule has 2 aliphatic heterocycles. The minimum Gasteiger partial charge on any atom is -0.507 e. The molecule has 0 bridgehead atoms. The lowest BCUT2D eigenvalue weighted by Crippen LogP contribution is -2.42. The average Bonchev–Trinajstić information content (AvgIpc) is 2.76. The Balaban J connectivity index is 0.00000193. The summed E-state index contributed by atoms with van der Waals surface area (Å²) in [5.74, 6) is 0.672. The van der Waals surface area contributed by atoms with Crippen molar-refractivity contribution in [1.82, 2.24) is 4.90 Å². The van der Waals surface area contributed by atoms with Gasteiger partial charge in [0, 0.05) is 25.1 Å². The van der Waals surface area contributed by atoms with E-state index in [1.807, 2.05) is 19.1 Å². The van der Waals surface area contributed by atoms with E-state index in [0.717, 1.165) is 48.7 Å². The number of ether oxygens (including phenoxy) is 1. The molecular weight excluding hydrogens is 476 g/mol. The normalized spacial score (nSPS) is 21.6. The number of aryl methyl sites for hydroxylation is 1. The fraction of sp³-hybridized carbons (Fsp3) is 0.500. The van der Waals surface area contributed by atoms with Gasteiger partial charge in [-0.3, -0.25) is 4.90 Å². The van der Waals surface area contributed by atoms with Gasteiger partial charge in [0.15, 0.2) is 0 Å². The van der Waals surface area contributed by atoms with E-state index in [1.54, 1.807) is 6.07 Å². The molecule has 1 saturated heterocycles. The number of alkyl halides is 3. The summed E-state index contributed by atoms with van der Waals surface area (Å²) in [6.45, 7) is 4.38. The van der Waals surface area contributed by atoms with Gasteiger partial charge in [0.05, 0.1) is 17.8 Å². The predicted octanol–water partition coefficient (Wildman–Crippen LogP) is 5.42. The first-order chi connectivity index (χ1) is 14.8. The highest BCUT2D eigenvalue weighted by atomic mass is 35.5. The number of benzene rings is 2. The third-order valence-corrected chi connectivity index (χ3v) is 6.64. The van der Waals surface area contributed by atoms with Gasteiger partial charge in [0.1, 0.15) is 5.75 Å². The topological polar surface area (TPSA) is 58.7 Å². The number of likely N-dealkylation sites (tertiary alicyclic amines) is 1. The van der Waals surface area contributed by atoms with Gasteiger partial charge in [-0.15, -0.1) is 24.8 Å². The SMILES string of the molecule is Cc1ccc2c(c1O)C[C@@H](C1CCN(Cc3cccc(C(F)(F)F)c3)CC1)O[C@H]2CN.Cl.Cl. The van der Waals surface area contributed by atoms with Crippen LogP contribution in [0.1, 0.15) is 46.8 Å². The van der Waals surface area contributed by atoms with Crippen LogP contribution < -0.4 is 5.73 Å². The van der Waals surface area contributed by atoms with E-state index < -0.39 is 11.7 Å². The summed E-state index contributed by atoms with van der Waals surface area (Å²) in [7, 11) is 0. The van der Waals surface area contributed by atoms with E-state index >= 15 is 0 Å². The van der Waals surface area contributed by atoms with Gasteiger partial charge >= 0.3 is 6.18 Å². The molecule has 4 nitrogen and oxygen atoms in total. The smallest absolute Gasteiger partial charge is 0.416 e. The third kappa shape index (κ3) is 6.14. The number of hydrogen-bond acceptors (Lipinski definition) is 4. The van der Waals surface area contributed by atoms with Crippen LogP contribution in [0.3, 0.4) is 0 Å². The molecule has 2 aromatic rings. The molecule has 0 aliphatic carbocycles. The number of nitrogens with zero attached hydrogens (tertiary/aromatic N) is 1. The summed E-state index contributed by atoms with van der Waals surface area (Å²) >= 11 is 0. The summed E-state index contributed by atoms with van der Waals surface area (Å²) in [6.07, 6.45) is -2.07. The van der Waals surface area contributed by atoms with Crippen molar-refractivity contribution in [1.29, 1.82) is 0 Å². The molecule has 2 aromatic carbocycles. The van der Waals surface area contributed by atoms with E-state index in [4.69, 9.17) is 10.5 Å². The van der Waals surface area contributed by atoms with Crippen LogP contribution in [-0.4, -0.2) is 35.7 Å². The van der Waals surface area contributed by atoms with Crippen LogP contribution >= 0.6 is 24.8 Å². The van der Waals surface area contributed by atoms with Crippen molar-refractivity contribution in [3.8, 4) is 5.75 Å². The van der Waals surface area contributed by atoms with Crippen LogP contribution in [0.25, 0.3) is 0 Å². The lowest BCUT2D eigenvalue weighted by atomic mass is 9.83. The number of fused-ring (bicyclic) bond motifs is 1. The van der Waals surface area contributed by atoms with Crippen molar-refractivity contribution in [3.05, 3.63) is 64.2 Å². The number of halogens is 5. The minimum atomic E-state index is -4.32. The summed E-state index contributed by atoms with van der Waals surface area (Å²) in [6, 6.07) is 9.46. The van der Waals surface area contributed by atoms with Gasteiger partial charge in [-0.05, 0) is 61.5 Å². The van der Waals surface area contributed by atoms with Crippen molar-refractivity contribution in [2.24, 2.45) is 11.7 Å². The van der Waals surface area contributed by atoms with E-state index in [-0.39, 0.29) is 37.0 Å². The maximum absolute atomic E-state index is 13.0. The molecule has 0 aromatic heterocycles. The van der Waals surface area contributed by atoms with Gasteiger partial charge in [0.25, 0.3) is 0 Å². The first-order valence-corrected chi connectivity index (χ1v) is 10.8. The standard InChI is InChI=1S/C24H29F3N2O2.2ClH/c1-15-5-6-19-20(23(15)30)12-21(31-22(19)13-28)17-7-9-29(10-8-17)14-16-3-2-4-18(11-16)24(25,26)27;;/h2-6,11,17,21-22,30H,7-10,12-14,28H2,1H3;2*1H/t21-,22-;;/m0../s1. The van der Waals surface area contributed by atoms with Crippen LogP contribution in [0.15, 0.2) is 36.4 Å². The zero-order chi connectivity index (χ0) is 22.2. The van der Waals surface area contributed by atoms with E-state index in [2.05, 4.69) is 4.90 Å². The van der Waals surface area contributed by atoms with Crippen molar-refractivity contribution in [2.45, 2.75) is 51.1 Å². The zero-order valence-electron chi connectivity index (χ0n) is 18.5. The lowest BCUT2D eigenvalue weighted by molar-refractivity contribution is -0.137. The Bertz CT molecular complexity index is 934. The van der Waals surface area contributed by atoms with Gasteiger partial charge in [-0.1, -0.05) is 30.3 Å². The molecule has 0 amide bonds. The number of phenolic OH excluding ortho intramolecular Hbond substituents is 1. The van der Waals surface area contributed by atoms with E-state index in [9.17, 15) is 18.3 Å². The first kappa shape index (κ1) is 27.7. The van der Waals surface area contributed by atoms with Crippen LogP contribution in [0, 0.1) is 12.8 Å². The highest BCUT2D eigenvalue weighted by molar-refractivity contribution is 5.85. The molecule has 2 aliphatic rings. The second-order valence-corrected chi connectivity index (χ2v) is 8.71. The maximum Gasteiger partial charge on any atom is 0.416 e. The van der Waals surface area contributed by atoms with Gasteiger partial charge in [-0.25, -0.2) is 0 Å². The Kier molecular flexibility index (Phi) is 9.48. The van der Waals surface area contributed by atoms with E-state index in [1.165, 1.54) is 12.1 Å². The molecule has 2 atom stereocenters. The van der Waals surface area contributed by atoms with Crippen LogP contribution in [-0.2, 0) is 23.9 Å². The first-order valence-electron chi connectivity index (χ1n) is 10.8. The molecule has 2 heterocycles. The number of phenols is 1. The largest absolute Gasteiger partial charge is 0.507 e. The Morgan fingerprint density at radius 3 is 2.45 bits per heavy atom. The molecule has 1 fully saturated rings. The Morgan fingerprint density at radius 1 is 1.12 bits per heavy atom. The molecule has 0 unspecified atom stereocenters. The summed E-state index contributed by atoms with van der Waals surface area (Å²) in [4.78, 5) is 2.20. The Morgan fingerprint density at radius 2 is 1.82 bits per heavy atom. The number of nitrogens with two attached hydrogens (primary N) is 1. The summed E-state index contributed by atoms with van der Waals surface area (Å²) < 4.78 is 45.2. The second-order valence-electron chi connectivity index (χ2n) is 8.71. The second kappa shape index (κ2) is 11.3. The molecule has 0 spiro atoms. The highest BCUT2D eigenvalue weighted by Crippen LogP contribution is 2.40.